The minimum absolute atomic E-state index is 0.144. The first-order valence-electron chi connectivity index (χ1n) is 6.48. The van der Waals surface area contributed by atoms with Gasteiger partial charge in [0.1, 0.15) is 17.7 Å². The van der Waals surface area contributed by atoms with Crippen molar-refractivity contribution in [2.45, 2.75) is 19.4 Å². The highest BCUT2D eigenvalue weighted by Crippen LogP contribution is 2.32. The maximum Gasteiger partial charge on any atom is 0.129 e. The van der Waals surface area contributed by atoms with Gasteiger partial charge in [-0.2, -0.15) is 0 Å². The number of hydrogen-bond donors (Lipinski definition) is 1. The van der Waals surface area contributed by atoms with E-state index in [0.29, 0.717) is 22.9 Å². The molecule has 0 aliphatic rings. The van der Waals surface area contributed by atoms with Crippen LogP contribution < -0.4 is 4.74 Å². The zero-order chi connectivity index (χ0) is 14.5. The van der Waals surface area contributed by atoms with E-state index < -0.39 is 11.9 Å². The molecule has 0 aromatic heterocycles. The highest BCUT2D eigenvalue weighted by atomic mass is 35.5. The van der Waals surface area contributed by atoms with Gasteiger partial charge >= 0.3 is 0 Å². The van der Waals surface area contributed by atoms with Crippen LogP contribution in [0.5, 0.6) is 5.75 Å². The molecule has 0 radical (unpaired) electrons. The van der Waals surface area contributed by atoms with Gasteiger partial charge in [-0.05, 0) is 30.7 Å². The van der Waals surface area contributed by atoms with Crippen molar-refractivity contribution in [3.05, 3.63) is 64.4 Å². The van der Waals surface area contributed by atoms with Crippen LogP contribution in [0.4, 0.5) is 4.39 Å². The van der Waals surface area contributed by atoms with Crippen LogP contribution in [0.3, 0.4) is 0 Å². The number of benzene rings is 2. The number of aliphatic hydroxyl groups is 1. The predicted octanol–water partition coefficient (Wildman–Crippen LogP) is 4.35. The SMILES string of the molecule is CCCOc1ccccc1C(O)c1cc(Cl)ccc1F. The van der Waals surface area contributed by atoms with E-state index in [2.05, 4.69) is 0 Å². The Kier molecular flexibility index (Phi) is 4.99. The molecule has 2 aromatic carbocycles. The lowest BCUT2D eigenvalue weighted by molar-refractivity contribution is 0.206. The Morgan fingerprint density at radius 3 is 2.70 bits per heavy atom. The second kappa shape index (κ2) is 6.73. The summed E-state index contributed by atoms with van der Waals surface area (Å²) in [6, 6.07) is 11.2. The molecule has 2 nitrogen and oxygen atoms in total. The molecule has 0 aliphatic heterocycles. The van der Waals surface area contributed by atoms with Gasteiger partial charge in [-0.3, -0.25) is 0 Å². The van der Waals surface area contributed by atoms with Crippen LogP contribution in [0.25, 0.3) is 0 Å². The van der Waals surface area contributed by atoms with Crippen LogP contribution in [0.2, 0.25) is 5.02 Å². The van der Waals surface area contributed by atoms with E-state index in [4.69, 9.17) is 16.3 Å². The fraction of sp³-hybridized carbons (Fsp3) is 0.250. The van der Waals surface area contributed by atoms with E-state index in [1.807, 2.05) is 13.0 Å². The average Bonchev–Trinajstić information content (AvgIpc) is 2.47. The molecule has 2 rings (SSSR count). The highest BCUT2D eigenvalue weighted by molar-refractivity contribution is 6.30. The van der Waals surface area contributed by atoms with Gasteiger partial charge in [0, 0.05) is 16.1 Å². The summed E-state index contributed by atoms with van der Waals surface area (Å²) in [6.45, 7) is 2.54. The Bertz CT molecular complexity index is 586. The van der Waals surface area contributed by atoms with Gasteiger partial charge in [-0.15, -0.1) is 0 Å². The fourth-order valence-electron chi connectivity index (χ4n) is 1.94. The minimum Gasteiger partial charge on any atom is -0.493 e. The van der Waals surface area contributed by atoms with E-state index in [-0.39, 0.29) is 5.56 Å². The van der Waals surface area contributed by atoms with Gasteiger partial charge in [0.2, 0.25) is 0 Å². The third kappa shape index (κ3) is 3.30. The lowest BCUT2D eigenvalue weighted by Gasteiger charge is -2.17. The predicted molar refractivity (Wildman–Crippen MR) is 77.7 cm³/mol. The largest absolute Gasteiger partial charge is 0.493 e. The third-order valence-corrected chi connectivity index (χ3v) is 3.16. The normalized spacial score (nSPS) is 12.2. The van der Waals surface area contributed by atoms with Crippen LogP contribution in [0.15, 0.2) is 42.5 Å². The first kappa shape index (κ1) is 14.8. The van der Waals surface area contributed by atoms with Gasteiger partial charge in [-0.25, -0.2) is 4.39 Å². The second-order valence-electron chi connectivity index (χ2n) is 4.45. The third-order valence-electron chi connectivity index (χ3n) is 2.93. The number of ether oxygens (including phenoxy) is 1. The Morgan fingerprint density at radius 2 is 1.95 bits per heavy atom. The Hall–Kier alpha value is -1.58. The molecule has 1 atom stereocenters. The average molecular weight is 295 g/mol. The van der Waals surface area contributed by atoms with Crippen molar-refractivity contribution < 1.29 is 14.2 Å². The van der Waals surface area contributed by atoms with Crippen molar-refractivity contribution in [2.24, 2.45) is 0 Å². The molecular weight excluding hydrogens is 279 g/mol. The highest BCUT2D eigenvalue weighted by Gasteiger charge is 2.19. The summed E-state index contributed by atoms with van der Waals surface area (Å²) in [5.41, 5.74) is 0.673. The topological polar surface area (TPSA) is 29.5 Å². The quantitative estimate of drug-likeness (QED) is 0.888. The molecule has 0 amide bonds. The van der Waals surface area contributed by atoms with Gasteiger partial charge in [0.15, 0.2) is 0 Å². The number of aliphatic hydroxyl groups excluding tert-OH is 1. The maximum absolute atomic E-state index is 13.8. The van der Waals surface area contributed by atoms with Crippen LogP contribution in [0, 0.1) is 5.82 Å². The molecule has 0 saturated carbocycles. The fourth-order valence-corrected chi connectivity index (χ4v) is 2.12. The van der Waals surface area contributed by atoms with Crippen LogP contribution >= 0.6 is 11.6 Å². The minimum atomic E-state index is -1.11. The van der Waals surface area contributed by atoms with E-state index in [1.165, 1.54) is 18.2 Å². The molecule has 0 aliphatic carbocycles. The van der Waals surface area contributed by atoms with E-state index in [9.17, 15) is 9.50 Å². The van der Waals surface area contributed by atoms with E-state index in [1.54, 1.807) is 18.2 Å². The van der Waals surface area contributed by atoms with E-state index >= 15 is 0 Å². The van der Waals surface area contributed by atoms with Crippen molar-refractivity contribution in [1.29, 1.82) is 0 Å². The first-order chi connectivity index (χ1) is 9.63. The maximum atomic E-state index is 13.8. The van der Waals surface area contributed by atoms with Gasteiger partial charge in [-0.1, -0.05) is 36.7 Å². The molecule has 106 valence electrons. The zero-order valence-corrected chi connectivity index (χ0v) is 11.9. The Balaban J connectivity index is 2.37. The summed E-state index contributed by atoms with van der Waals surface area (Å²) in [6.07, 6.45) is -0.252. The molecule has 1 unspecified atom stereocenters. The molecule has 20 heavy (non-hydrogen) atoms. The van der Waals surface area contributed by atoms with Crippen molar-refractivity contribution in [1.82, 2.24) is 0 Å². The monoisotopic (exact) mass is 294 g/mol. The van der Waals surface area contributed by atoms with Crippen LogP contribution in [-0.2, 0) is 0 Å². The number of para-hydroxylation sites is 1. The molecule has 0 spiro atoms. The Morgan fingerprint density at radius 1 is 1.20 bits per heavy atom. The van der Waals surface area contributed by atoms with Crippen molar-refractivity contribution in [3.8, 4) is 5.75 Å². The molecule has 0 saturated heterocycles. The standard InChI is InChI=1S/C16H16ClFO2/c1-2-9-20-15-6-4-3-5-12(15)16(19)13-10-11(17)7-8-14(13)18/h3-8,10,16,19H,2,9H2,1H3. The van der Waals surface area contributed by atoms with Crippen LogP contribution in [-0.4, -0.2) is 11.7 Å². The van der Waals surface area contributed by atoms with E-state index in [0.717, 1.165) is 6.42 Å². The number of halogens is 2. The summed E-state index contributed by atoms with van der Waals surface area (Å²) in [7, 11) is 0. The Labute approximate surface area is 122 Å². The molecular formula is C16H16ClFO2. The second-order valence-corrected chi connectivity index (χ2v) is 4.89. The molecule has 4 heteroatoms. The molecule has 0 bridgehead atoms. The molecule has 1 N–H and O–H groups in total. The van der Waals surface area contributed by atoms with Gasteiger partial charge in [0.05, 0.1) is 6.61 Å². The molecule has 0 fully saturated rings. The molecule has 0 heterocycles. The molecule has 2 aromatic rings. The van der Waals surface area contributed by atoms with Crippen molar-refractivity contribution in [2.75, 3.05) is 6.61 Å². The summed E-state index contributed by atoms with van der Waals surface area (Å²) < 4.78 is 19.4. The van der Waals surface area contributed by atoms with Gasteiger partial charge < -0.3 is 9.84 Å². The lowest BCUT2D eigenvalue weighted by Crippen LogP contribution is -2.06. The zero-order valence-electron chi connectivity index (χ0n) is 11.1. The first-order valence-corrected chi connectivity index (χ1v) is 6.86. The van der Waals surface area contributed by atoms with Crippen LogP contribution in [0.1, 0.15) is 30.6 Å². The summed E-state index contributed by atoms with van der Waals surface area (Å²) in [5, 5.41) is 10.8. The number of hydrogen-bond acceptors (Lipinski definition) is 2. The lowest BCUT2D eigenvalue weighted by atomic mass is 10.00. The summed E-state index contributed by atoms with van der Waals surface area (Å²) in [4.78, 5) is 0. The summed E-state index contributed by atoms with van der Waals surface area (Å²) in [5.74, 6) is 0.0634. The van der Waals surface area contributed by atoms with Crippen molar-refractivity contribution in [3.63, 3.8) is 0 Å². The smallest absolute Gasteiger partial charge is 0.129 e. The van der Waals surface area contributed by atoms with Gasteiger partial charge in [0.25, 0.3) is 0 Å². The number of rotatable bonds is 5. The van der Waals surface area contributed by atoms with Crippen molar-refractivity contribution >= 4 is 11.6 Å². The summed E-state index contributed by atoms with van der Waals surface area (Å²) >= 11 is 5.86.